The Labute approximate surface area is 226 Å². The van der Waals surface area contributed by atoms with Crippen LogP contribution in [-0.2, 0) is 14.8 Å². The minimum Gasteiger partial charge on any atom is -0.497 e. The molecule has 3 aromatic rings. The summed E-state index contributed by atoms with van der Waals surface area (Å²) < 4.78 is 46.6. The van der Waals surface area contributed by atoms with Crippen molar-refractivity contribution in [3.8, 4) is 23.1 Å². The van der Waals surface area contributed by atoms with Gasteiger partial charge in [-0.05, 0) is 50.6 Å². The molecule has 0 spiro atoms. The molecule has 0 saturated carbocycles. The van der Waals surface area contributed by atoms with Gasteiger partial charge in [-0.1, -0.05) is 6.92 Å². The van der Waals surface area contributed by atoms with Crippen LogP contribution in [0.15, 0.2) is 47.4 Å². The summed E-state index contributed by atoms with van der Waals surface area (Å²) in [5.41, 5.74) is 0.428. The normalized spacial score (nSPS) is 12.1. The Morgan fingerprint density at radius 2 is 1.87 bits per heavy atom. The molecule has 0 radical (unpaired) electrons. The first kappa shape index (κ1) is 29.5. The second-order valence-electron chi connectivity index (χ2n) is 8.56. The first-order chi connectivity index (χ1) is 18.5. The average Bonchev–Trinajstić information content (AvgIpc) is 3.24. The molecule has 1 aromatic heterocycles. The van der Waals surface area contributed by atoms with Gasteiger partial charge in [0.15, 0.2) is 5.69 Å². The molecule has 1 heterocycles. The molecule has 0 aliphatic carbocycles. The van der Waals surface area contributed by atoms with E-state index in [2.05, 4.69) is 15.1 Å². The van der Waals surface area contributed by atoms with Gasteiger partial charge in [-0.2, -0.15) is 9.78 Å². The third-order valence-corrected chi connectivity index (χ3v) is 7.41. The number of amides is 1. The second-order valence-corrected chi connectivity index (χ2v) is 10.2. The quantitative estimate of drug-likeness (QED) is 0.181. The zero-order chi connectivity index (χ0) is 28.7. The molecule has 0 aliphatic heterocycles. The maximum atomic E-state index is 13.2. The van der Waals surface area contributed by atoms with Gasteiger partial charge in [0.1, 0.15) is 16.4 Å². The number of nitrogens with zero attached hydrogens (tertiary/aromatic N) is 3. The van der Waals surface area contributed by atoms with Gasteiger partial charge in [-0.25, -0.2) is 13.1 Å². The predicted molar refractivity (Wildman–Crippen MR) is 142 cm³/mol. The molecule has 0 unspecified atom stereocenters. The van der Waals surface area contributed by atoms with Crippen LogP contribution >= 0.6 is 0 Å². The lowest BCUT2D eigenvalue weighted by Gasteiger charge is -2.16. The molecule has 14 heteroatoms. The lowest BCUT2D eigenvalue weighted by Crippen LogP contribution is -2.32. The summed E-state index contributed by atoms with van der Waals surface area (Å²) in [5.74, 6) is -0.0365. The maximum absolute atomic E-state index is 13.2. The van der Waals surface area contributed by atoms with Crippen LogP contribution < -0.4 is 19.5 Å². The molecule has 2 N–H and O–H groups in total. The number of aromatic nitrogens is 2. The van der Waals surface area contributed by atoms with Crippen molar-refractivity contribution in [3.05, 3.63) is 63.8 Å². The largest absolute Gasteiger partial charge is 0.497 e. The van der Waals surface area contributed by atoms with Gasteiger partial charge < -0.3 is 19.5 Å². The van der Waals surface area contributed by atoms with Crippen LogP contribution in [0, 0.1) is 17.0 Å². The SMILES string of the molecule is CC[C@@H](C)NS(=O)(=O)c1cc([N+](=O)[O-])ccc1Oc1c(C)c(C(=O)NCCOC)nn1-c1ccc(OC)cc1. The topological polar surface area (TPSA) is 164 Å². The highest BCUT2D eigenvalue weighted by Gasteiger charge is 2.28. The number of ether oxygens (including phenoxy) is 3. The Kier molecular flexibility index (Phi) is 9.61. The van der Waals surface area contributed by atoms with Crippen molar-refractivity contribution in [3.63, 3.8) is 0 Å². The molecule has 1 atom stereocenters. The van der Waals surface area contributed by atoms with E-state index in [1.165, 1.54) is 25.0 Å². The molecule has 0 saturated heterocycles. The van der Waals surface area contributed by atoms with E-state index in [4.69, 9.17) is 14.2 Å². The van der Waals surface area contributed by atoms with Gasteiger partial charge in [0.05, 0.1) is 24.3 Å². The summed E-state index contributed by atoms with van der Waals surface area (Å²) in [6.45, 7) is 5.61. The Hall–Kier alpha value is -4.01. The number of nitro benzene ring substituents is 1. The molecule has 210 valence electrons. The fourth-order valence-electron chi connectivity index (χ4n) is 3.49. The number of hydrogen-bond donors (Lipinski definition) is 2. The van der Waals surface area contributed by atoms with Gasteiger partial charge in [0, 0.05) is 37.4 Å². The number of rotatable bonds is 13. The van der Waals surface area contributed by atoms with Crippen molar-refractivity contribution in [1.82, 2.24) is 19.8 Å². The summed E-state index contributed by atoms with van der Waals surface area (Å²) in [4.78, 5) is 23.2. The minimum atomic E-state index is -4.22. The molecule has 3 rings (SSSR count). The Balaban J connectivity index is 2.16. The molecule has 13 nitrogen and oxygen atoms in total. The number of non-ortho nitro benzene ring substituents is 1. The van der Waals surface area contributed by atoms with Crippen LogP contribution in [0.4, 0.5) is 5.69 Å². The zero-order valence-electron chi connectivity index (χ0n) is 22.3. The molecular formula is C25H31N5O8S. The van der Waals surface area contributed by atoms with Crippen LogP contribution in [0.1, 0.15) is 36.3 Å². The molecular weight excluding hydrogens is 530 g/mol. The summed E-state index contributed by atoms with van der Waals surface area (Å²) in [6.07, 6.45) is 0.495. The molecule has 2 aromatic carbocycles. The average molecular weight is 562 g/mol. The summed E-state index contributed by atoms with van der Waals surface area (Å²) >= 11 is 0. The molecule has 0 bridgehead atoms. The third-order valence-electron chi connectivity index (χ3n) is 5.80. The van der Waals surface area contributed by atoms with E-state index < -0.39 is 37.5 Å². The van der Waals surface area contributed by atoms with Crippen LogP contribution in [0.2, 0.25) is 0 Å². The van der Waals surface area contributed by atoms with Gasteiger partial charge in [0.2, 0.25) is 15.9 Å². The van der Waals surface area contributed by atoms with E-state index in [-0.39, 0.29) is 23.9 Å². The van der Waals surface area contributed by atoms with Crippen molar-refractivity contribution < 1.29 is 32.3 Å². The van der Waals surface area contributed by atoms with E-state index in [0.29, 0.717) is 30.0 Å². The zero-order valence-corrected chi connectivity index (χ0v) is 23.1. The predicted octanol–water partition coefficient (Wildman–Crippen LogP) is 3.34. The van der Waals surface area contributed by atoms with Gasteiger partial charge in [0.25, 0.3) is 11.6 Å². The van der Waals surface area contributed by atoms with E-state index in [1.807, 2.05) is 0 Å². The molecule has 0 fully saturated rings. The van der Waals surface area contributed by atoms with Crippen molar-refractivity contribution in [2.24, 2.45) is 0 Å². The smallest absolute Gasteiger partial charge is 0.272 e. The number of nitro groups is 1. The summed E-state index contributed by atoms with van der Waals surface area (Å²) in [6, 6.07) is 9.58. The fraction of sp³-hybridized carbons (Fsp3) is 0.360. The summed E-state index contributed by atoms with van der Waals surface area (Å²) in [7, 11) is -1.19. The van der Waals surface area contributed by atoms with Crippen LogP contribution in [0.25, 0.3) is 5.69 Å². The Bertz CT molecular complexity index is 1440. The van der Waals surface area contributed by atoms with Gasteiger partial charge >= 0.3 is 0 Å². The maximum Gasteiger partial charge on any atom is 0.272 e. The van der Waals surface area contributed by atoms with Crippen LogP contribution in [0.3, 0.4) is 0 Å². The van der Waals surface area contributed by atoms with E-state index >= 15 is 0 Å². The highest BCUT2D eigenvalue weighted by molar-refractivity contribution is 7.89. The molecule has 0 aliphatic rings. The number of methoxy groups -OCH3 is 2. The van der Waals surface area contributed by atoms with E-state index in [1.54, 1.807) is 45.0 Å². The number of hydrogen-bond acceptors (Lipinski definition) is 9. The Morgan fingerprint density at radius 3 is 2.46 bits per heavy atom. The van der Waals surface area contributed by atoms with Crippen molar-refractivity contribution >= 4 is 21.6 Å². The van der Waals surface area contributed by atoms with Crippen molar-refractivity contribution in [2.45, 2.75) is 38.1 Å². The minimum absolute atomic E-state index is 0.0426. The lowest BCUT2D eigenvalue weighted by atomic mass is 10.2. The van der Waals surface area contributed by atoms with Crippen molar-refractivity contribution in [2.75, 3.05) is 27.4 Å². The first-order valence-corrected chi connectivity index (χ1v) is 13.5. The number of sulfonamides is 1. The monoisotopic (exact) mass is 561 g/mol. The van der Waals surface area contributed by atoms with Gasteiger partial charge in [-0.3, -0.25) is 14.9 Å². The number of carbonyl (C=O) groups is 1. The fourth-order valence-corrected chi connectivity index (χ4v) is 4.96. The van der Waals surface area contributed by atoms with E-state index in [0.717, 1.165) is 12.1 Å². The highest BCUT2D eigenvalue weighted by atomic mass is 32.2. The van der Waals surface area contributed by atoms with Gasteiger partial charge in [-0.15, -0.1) is 0 Å². The van der Waals surface area contributed by atoms with Crippen LogP contribution in [0.5, 0.6) is 17.4 Å². The first-order valence-electron chi connectivity index (χ1n) is 12.0. The van der Waals surface area contributed by atoms with E-state index in [9.17, 15) is 23.3 Å². The molecule has 39 heavy (non-hydrogen) atoms. The third kappa shape index (κ3) is 6.90. The summed E-state index contributed by atoms with van der Waals surface area (Å²) in [5, 5.41) is 18.6. The number of carbonyl (C=O) groups excluding carboxylic acids is 1. The second kappa shape index (κ2) is 12.7. The van der Waals surface area contributed by atoms with Crippen LogP contribution in [-0.4, -0.2) is 62.4 Å². The number of nitrogens with one attached hydrogen (secondary N) is 2. The standard InChI is InChI=1S/C25H31N5O8S/c1-6-16(2)28-39(34,35)22-15-19(30(32)33)9-12-21(22)38-25-17(3)23(24(31)26-13-14-36-4)27-29(25)18-7-10-20(37-5)11-8-18/h7-12,15-16,28H,6,13-14H2,1-5H3,(H,26,31)/t16-/m1/s1. The number of benzene rings is 2. The highest BCUT2D eigenvalue weighted by Crippen LogP contribution is 2.36. The molecule has 1 amide bonds. The van der Waals surface area contributed by atoms with Crippen molar-refractivity contribution in [1.29, 1.82) is 0 Å². The Morgan fingerprint density at radius 1 is 1.18 bits per heavy atom. The lowest BCUT2D eigenvalue weighted by molar-refractivity contribution is -0.385.